The molecule has 0 bridgehead atoms. The number of aromatic nitrogens is 3. The van der Waals surface area contributed by atoms with Gasteiger partial charge in [-0.2, -0.15) is 5.10 Å². The van der Waals surface area contributed by atoms with E-state index in [-0.39, 0.29) is 0 Å². The van der Waals surface area contributed by atoms with Crippen LogP contribution in [0.4, 0.5) is 0 Å². The molecule has 15 heavy (non-hydrogen) atoms. The average molecular weight is 220 g/mol. The molecule has 1 aromatic carbocycles. The number of nitrogens with zero attached hydrogens (tertiary/aromatic N) is 2. The van der Waals surface area contributed by atoms with Gasteiger partial charge in [0.2, 0.25) is 4.77 Å². The first-order chi connectivity index (χ1) is 7.11. The minimum Gasteiger partial charge on any atom is -0.335 e. The normalized spacial score (nSPS) is 10.5. The molecule has 0 radical (unpaired) electrons. The van der Waals surface area contributed by atoms with Crippen LogP contribution in [0.2, 0.25) is 0 Å². The van der Waals surface area contributed by atoms with Gasteiger partial charge in [0.25, 0.3) is 0 Å². The fraction of sp³-hybridized carbons (Fsp3) is 0.200. The maximum atomic E-state index is 5.79. The Morgan fingerprint density at radius 2 is 1.93 bits per heavy atom. The van der Waals surface area contributed by atoms with Crippen molar-refractivity contribution in [3.63, 3.8) is 0 Å². The van der Waals surface area contributed by atoms with E-state index in [1.165, 1.54) is 4.68 Å². The average Bonchev–Trinajstić information content (AvgIpc) is 2.49. The van der Waals surface area contributed by atoms with Crippen LogP contribution in [0.5, 0.6) is 0 Å². The molecule has 0 aliphatic heterocycles. The standard InChI is InChI=1S/C10H12N4S/c1-6-4-3-5-7(2)8(6)9-12-13-10(15)14(9)11/h3-5H,11H2,1-2H3,(H,13,15). The Hall–Kier alpha value is -1.62. The van der Waals surface area contributed by atoms with Crippen molar-refractivity contribution in [1.82, 2.24) is 14.9 Å². The lowest BCUT2D eigenvalue weighted by atomic mass is 10.0. The molecule has 0 fully saturated rings. The second-order valence-corrected chi connectivity index (χ2v) is 3.88. The molecule has 0 atom stereocenters. The molecule has 0 amide bonds. The highest BCUT2D eigenvalue weighted by molar-refractivity contribution is 7.71. The molecular weight excluding hydrogens is 208 g/mol. The summed E-state index contributed by atoms with van der Waals surface area (Å²) in [5, 5.41) is 6.81. The highest BCUT2D eigenvalue weighted by Gasteiger charge is 2.11. The summed E-state index contributed by atoms with van der Waals surface area (Å²) < 4.78 is 1.82. The minimum absolute atomic E-state index is 0.424. The van der Waals surface area contributed by atoms with Gasteiger partial charge in [-0.05, 0) is 37.2 Å². The Morgan fingerprint density at radius 1 is 1.33 bits per heavy atom. The van der Waals surface area contributed by atoms with Crippen LogP contribution in [0.3, 0.4) is 0 Å². The molecule has 3 N–H and O–H groups in total. The third-order valence-corrected chi connectivity index (χ3v) is 2.70. The molecule has 4 nitrogen and oxygen atoms in total. The highest BCUT2D eigenvalue weighted by atomic mass is 32.1. The molecule has 1 aromatic heterocycles. The number of hydrogen-bond donors (Lipinski definition) is 2. The third kappa shape index (κ3) is 1.55. The van der Waals surface area contributed by atoms with Gasteiger partial charge in [-0.3, -0.25) is 0 Å². The molecule has 78 valence electrons. The van der Waals surface area contributed by atoms with Gasteiger partial charge in [-0.25, -0.2) is 9.77 Å². The van der Waals surface area contributed by atoms with Crippen LogP contribution in [-0.4, -0.2) is 14.9 Å². The molecule has 0 spiro atoms. The van der Waals surface area contributed by atoms with Crippen LogP contribution in [0.15, 0.2) is 18.2 Å². The smallest absolute Gasteiger partial charge is 0.214 e. The van der Waals surface area contributed by atoms with Gasteiger partial charge in [0, 0.05) is 5.56 Å². The molecule has 2 aromatic rings. The third-order valence-electron chi connectivity index (χ3n) is 2.41. The second kappa shape index (κ2) is 3.51. The summed E-state index contributed by atoms with van der Waals surface area (Å²) in [6, 6.07) is 6.07. The van der Waals surface area contributed by atoms with Crippen molar-refractivity contribution in [2.24, 2.45) is 0 Å². The van der Waals surface area contributed by atoms with Crippen LogP contribution in [0, 0.1) is 18.6 Å². The van der Waals surface area contributed by atoms with Gasteiger partial charge in [0.15, 0.2) is 5.82 Å². The van der Waals surface area contributed by atoms with Crippen molar-refractivity contribution < 1.29 is 0 Å². The number of benzene rings is 1. The predicted molar refractivity (Wildman–Crippen MR) is 62.5 cm³/mol. The molecule has 5 heteroatoms. The van der Waals surface area contributed by atoms with E-state index >= 15 is 0 Å². The molecule has 2 rings (SSSR count). The maximum Gasteiger partial charge on any atom is 0.214 e. The van der Waals surface area contributed by atoms with Crippen molar-refractivity contribution in [2.45, 2.75) is 13.8 Å². The van der Waals surface area contributed by atoms with Gasteiger partial charge in [0.1, 0.15) is 0 Å². The Balaban J connectivity index is 2.74. The van der Waals surface area contributed by atoms with E-state index in [2.05, 4.69) is 10.2 Å². The van der Waals surface area contributed by atoms with Crippen LogP contribution in [-0.2, 0) is 0 Å². The first kappa shape index (κ1) is 9.92. The number of aromatic amines is 1. The molecular formula is C10H12N4S. The molecule has 0 saturated carbocycles. The SMILES string of the molecule is Cc1cccc(C)c1-c1n[nH]c(=S)n1N. The Labute approximate surface area is 92.7 Å². The first-order valence-corrected chi connectivity index (χ1v) is 5.01. The van der Waals surface area contributed by atoms with E-state index in [9.17, 15) is 0 Å². The van der Waals surface area contributed by atoms with Crippen LogP contribution >= 0.6 is 12.2 Å². The van der Waals surface area contributed by atoms with Gasteiger partial charge in [-0.15, -0.1) is 0 Å². The van der Waals surface area contributed by atoms with E-state index in [0.717, 1.165) is 16.7 Å². The topological polar surface area (TPSA) is 59.6 Å². The zero-order valence-electron chi connectivity index (χ0n) is 8.61. The van der Waals surface area contributed by atoms with Crippen LogP contribution < -0.4 is 5.84 Å². The minimum atomic E-state index is 0.424. The van der Waals surface area contributed by atoms with E-state index in [1.54, 1.807) is 0 Å². The monoisotopic (exact) mass is 220 g/mol. The van der Waals surface area contributed by atoms with Gasteiger partial charge in [-0.1, -0.05) is 18.2 Å². The summed E-state index contributed by atoms with van der Waals surface area (Å²) >= 11 is 4.98. The summed E-state index contributed by atoms with van der Waals surface area (Å²) in [5.74, 6) is 6.47. The largest absolute Gasteiger partial charge is 0.335 e. The van der Waals surface area contributed by atoms with Crippen molar-refractivity contribution in [3.8, 4) is 11.4 Å². The van der Waals surface area contributed by atoms with Gasteiger partial charge < -0.3 is 5.84 Å². The number of rotatable bonds is 1. The maximum absolute atomic E-state index is 5.79. The van der Waals surface area contributed by atoms with Gasteiger partial charge in [0.05, 0.1) is 0 Å². The summed E-state index contributed by atoms with van der Waals surface area (Å²) in [6.07, 6.45) is 0. The fourth-order valence-electron chi connectivity index (χ4n) is 1.65. The van der Waals surface area contributed by atoms with Gasteiger partial charge >= 0.3 is 0 Å². The quantitative estimate of drug-likeness (QED) is 0.570. The highest BCUT2D eigenvalue weighted by Crippen LogP contribution is 2.24. The molecule has 0 aliphatic carbocycles. The number of H-pyrrole nitrogens is 1. The van der Waals surface area contributed by atoms with Crippen molar-refractivity contribution >= 4 is 12.2 Å². The van der Waals surface area contributed by atoms with E-state index < -0.39 is 0 Å². The van der Waals surface area contributed by atoms with Crippen LogP contribution in [0.1, 0.15) is 11.1 Å². The summed E-state index contributed by atoms with van der Waals surface area (Å²) in [7, 11) is 0. The first-order valence-electron chi connectivity index (χ1n) is 4.60. The number of nitrogens with one attached hydrogen (secondary N) is 1. The second-order valence-electron chi connectivity index (χ2n) is 3.49. The summed E-state index contributed by atoms with van der Waals surface area (Å²) in [4.78, 5) is 0. The molecule has 0 unspecified atom stereocenters. The lowest BCUT2D eigenvalue weighted by Crippen LogP contribution is -2.11. The summed E-state index contributed by atoms with van der Waals surface area (Å²) in [5.41, 5.74) is 3.30. The van der Waals surface area contributed by atoms with E-state index in [4.69, 9.17) is 18.1 Å². The number of nitrogens with two attached hydrogens (primary N) is 1. The fourth-order valence-corrected chi connectivity index (χ4v) is 1.78. The van der Waals surface area contributed by atoms with Crippen molar-refractivity contribution in [3.05, 3.63) is 34.1 Å². The predicted octanol–water partition coefficient (Wildman–Crippen LogP) is 1.94. The molecule has 1 heterocycles. The summed E-state index contributed by atoms with van der Waals surface area (Å²) in [6.45, 7) is 4.06. The van der Waals surface area contributed by atoms with Crippen molar-refractivity contribution in [2.75, 3.05) is 5.84 Å². The Bertz CT molecular complexity index is 533. The Morgan fingerprint density at radius 3 is 2.40 bits per heavy atom. The number of hydrogen-bond acceptors (Lipinski definition) is 3. The lowest BCUT2D eigenvalue weighted by Gasteiger charge is -2.07. The zero-order valence-corrected chi connectivity index (χ0v) is 9.43. The van der Waals surface area contributed by atoms with E-state index in [0.29, 0.717) is 10.6 Å². The van der Waals surface area contributed by atoms with E-state index in [1.807, 2.05) is 32.0 Å². The molecule has 0 aliphatic rings. The Kier molecular flexibility index (Phi) is 2.32. The van der Waals surface area contributed by atoms with Crippen molar-refractivity contribution in [1.29, 1.82) is 0 Å². The number of nitrogen functional groups attached to an aromatic ring is 1. The van der Waals surface area contributed by atoms with Crippen LogP contribution in [0.25, 0.3) is 11.4 Å². The molecule has 0 saturated heterocycles. The lowest BCUT2D eigenvalue weighted by molar-refractivity contribution is 0.981. The number of aryl methyl sites for hydroxylation is 2. The zero-order chi connectivity index (χ0) is 11.0.